The Bertz CT molecular complexity index is 465. The predicted molar refractivity (Wildman–Crippen MR) is 79.8 cm³/mol. The van der Waals surface area contributed by atoms with E-state index in [9.17, 15) is 9.59 Å². The van der Waals surface area contributed by atoms with Gasteiger partial charge in [-0.1, -0.05) is 19.9 Å². The summed E-state index contributed by atoms with van der Waals surface area (Å²) in [6, 6.07) is 4.05. The molecule has 2 amide bonds. The van der Waals surface area contributed by atoms with Gasteiger partial charge in [-0.25, -0.2) is 0 Å². The van der Waals surface area contributed by atoms with E-state index < -0.39 is 11.8 Å². The van der Waals surface area contributed by atoms with Crippen LogP contribution in [0.5, 0.6) is 0 Å². The maximum atomic E-state index is 12.0. The molecule has 1 aliphatic heterocycles. The number of amides is 2. The van der Waals surface area contributed by atoms with Crippen LogP contribution in [0.25, 0.3) is 0 Å². The Morgan fingerprint density at radius 2 is 2.10 bits per heavy atom. The third-order valence-corrected chi connectivity index (χ3v) is 4.71. The molecule has 1 saturated heterocycles. The van der Waals surface area contributed by atoms with Gasteiger partial charge in [0.1, 0.15) is 0 Å². The largest absolute Gasteiger partial charge is 0.347 e. The van der Waals surface area contributed by atoms with Gasteiger partial charge in [0.2, 0.25) is 0 Å². The first-order valence-electron chi connectivity index (χ1n) is 6.82. The lowest BCUT2D eigenvalue weighted by Gasteiger charge is -2.28. The number of nitrogens with one attached hydrogen (secondary N) is 2. The van der Waals surface area contributed by atoms with Gasteiger partial charge in [-0.15, -0.1) is 11.3 Å². The second-order valence-corrected chi connectivity index (χ2v) is 6.53. The number of carbonyl (C=O) groups is 2. The Labute approximate surface area is 123 Å². The smallest absolute Gasteiger partial charge is 0.311 e. The van der Waals surface area contributed by atoms with Crippen LogP contribution in [0.4, 0.5) is 0 Å². The second-order valence-electron chi connectivity index (χ2n) is 5.59. The fraction of sp³-hybridized carbons (Fsp3) is 0.571. The van der Waals surface area contributed by atoms with Crippen molar-refractivity contribution >= 4 is 23.2 Å². The number of thiophene rings is 1. The molecule has 2 rings (SSSR count). The SMILES string of the molecule is CC(C)(CNC(=O)C(=O)N1CCNCC1)c1cccs1. The van der Waals surface area contributed by atoms with Crippen molar-refractivity contribution < 1.29 is 9.59 Å². The maximum absolute atomic E-state index is 12.0. The zero-order valence-corrected chi connectivity index (χ0v) is 12.8. The molecule has 1 aliphatic rings. The summed E-state index contributed by atoms with van der Waals surface area (Å²) >= 11 is 1.66. The fourth-order valence-corrected chi connectivity index (χ4v) is 2.99. The van der Waals surface area contributed by atoms with Gasteiger partial charge in [-0.2, -0.15) is 0 Å². The highest BCUT2D eigenvalue weighted by atomic mass is 32.1. The van der Waals surface area contributed by atoms with Crippen molar-refractivity contribution in [2.45, 2.75) is 19.3 Å². The number of hydrogen-bond acceptors (Lipinski definition) is 4. The molecule has 0 unspecified atom stereocenters. The predicted octanol–water partition coefficient (Wildman–Crippen LogP) is 0.574. The van der Waals surface area contributed by atoms with Crippen LogP contribution in [0.1, 0.15) is 18.7 Å². The van der Waals surface area contributed by atoms with Gasteiger partial charge in [0.25, 0.3) is 0 Å². The number of carbonyl (C=O) groups excluding carboxylic acids is 2. The van der Waals surface area contributed by atoms with Crippen LogP contribution >= 0.6 is 11.3 Å². The molecule has 110 valence electrons. The number of rotatable bonds is 3. The monoisotopic (exact) mass is 295 g/mol. The van der Waals surface area contributed by atoms with Crippen LogP contribution in [0.3, 0.4) is 0 Å². The van der Waals surface area contributed by atoms with Gasteiger partial charge < -0.3 is 15.5 Å². The molecule has 20 heavy (non-hydrogen) atoms. The van der Waals surface area contributed by atoms with Crippen molar-refractivity contribution in [2.24, 2.45) is 0 Å². The molecule has 0 bridgehead atoms. The van der Waals surface area contributed by atoms with E-state index in [1.165, 1.54) is 4.88 Å². The molecule has 1 aromatic heterocycles. The minimum Gasteiger partial charge on any atom is -0.347 e. The molecule has 1 fully saturated rings. The van der Waals surface area contributed by atoms with E-state index in [4.69, 9.17) is 0 Å². The normalized spacial score (nSPS) is 16.0. The van der Waals surface area contributed by atoms with Crippen LogP contribution in [0.2, 0.25) is 0 Å². The summed E-state index contributed by atoms with van der Waals surface area (Å²) in [5.74, 6) is -0.926. The van der Waals surface area contributed by atoms with E-state index in [0.29, 0.717) is 19.6 Å². The van der Waals surface area contributed by atoms with Crippen LogP contribution < -0.4 is 10.6 Å². The third-order valence-electron chi connectivity index (χ3n) is 3.48. The first-order chi connectivity index (χ1) is 9.50. The summed E-state index contributed by atoms with van der Waals surface area (Å²) in [6.07, 6.45) is 0. The Hall–Kier alpha value is -1.40. The molecule has 0 aliphatic carbocycles. The van der Waals surface area contributed by atoms with E-state index in [-0.39, 0.29) is 5.41 Å². The molecular weight excluding hydrogens is 274 g/mol. The number of nitrogens with zero attached hydrogens (tertiary/aromatic N) is 1. The van der Waals surface area contributed by atoms with Crippen molar-refractivity contribution in [1.82, 2.24) is 15.5 Å². The van der Waals surface area contributed by atoms with E-state index in [1.54, 1.807) is 16.2 Å². The highest BCUT2D eigenvalue weighted by Gasteiger charge is 2.27. The van der Waals surface area contributed by atoms with Crippen LogP contribution in [-0.4, -0.2) is 49.4 Å². The zero-order valence-electron chi connectivity index (χ0n) is 11.9. The lowest BCUT2D eigenvalue weighted by atomic mass is 9.91. The maximum Gasteiger partial charge on any atom is 0.311 e. The first kappa shape index (κ1) is 15.0. The molecule has 0 aromatic carbocycles. The molecule has 2 N–H and O–H groups in total. The fourth-order valence-electron chi connectivity index (χ4n) is 2.14. The lowest BCUT2D eigenvalue weighted by molar-refractivity contribution is -0.146. The minimum absolute atomic E-state index is 0.159. The van der Waals surface area contributed by atoms with Crippen molar-refractivity contribution in [3.05, 3.63) is 22.4 Å². The molecule has 0 spiro atoms. The lowest BCUT2D eigenvalue weighted by Crippen LogP contribution is -2.52. The summed E-state index contributed by atoms with van der Waals surface area (Å²) in [5.41, 5.74) is -0.159. The second kappa shape index (κ2) is 6.37. The van der Waals surface area contributed by atoms with Gasteiger partial charge >= 0.3 is 11.8 Å². The minimum atomic E-state index is -0.503. The van der Waals surface area contributed by atoms with E-state index in [2.05, 4.69) is 30.5 Å². The van der Waals surface area contributed by atoms with E-state index in [1.807, 2.05) is 11.4 Å². The zero-order chi connectivity index (χ0) is 14.6. The van der Waals surface area contributed by atoms with Gasteiger partial charge in [-0.05, 0) is 11.4 Å². The van der Waals surface area contributed by atoms with Gasteiger partial charge in [0, 0.05) is 43.0 Å². The molecule has 2 heterocycles. The highest BCUT2D eigenvalue weighted by Crippen LogP contribution is 2.26. The molecule has 0 atom stereocenters. The third kappa shape index (κ3) is 3.58. The quantitative estimate of drug-likeness (QED) is 0.802. The molecule has 0 radical (unpaired) electrons. The van der Waals surface area contributed by atoms with Crippen molar-refractivity contribution in [3.8, 4) is 0 Å². The van der Waals surface area contributed by atoms with Crippen molar-refractivity contribution in [3.63, 3.8) is 0 Å². The summed E-state index contributed by atoms with van der Waals surface area (Å²) in [4.78, 5) is 26.7. The Morgan fingerprint density at radius 3 is 2.70 bits per heavy atom. The van der Waals surface area contributed by atoms with Crippen LogP contribution in [-0.2, 0) is 15.0 Å². The molecular formula is C14H21N3O2S. The Kier molecular flexibility index (Phi) is 4.77. The summed E-state index contributed by atoms with van der Waals surface area (Å²) in [5, 5.41) is 7.94. The Balaban J connectivity index is 1.87. The summed E-state index contributed by atoms with van der Waals surface area (Å²) < 4.78 is 0. The molecule has 5 nitrogen and oxygen atoms in total. The number of piperazine rings is 1. The summed E-state index contributed by atoms with van der Waals surface area (Å²) in [7, 11) is 0. The Morgan fingerprint density at radius 1 is 1.40 bits per heavy atom. The average Bonchev–Trinajstić information content (AvgIpc) is 3.00. The van der Waals surface area contributed by atoms with E-state index in [0.717, 1.165) is 13.1 Å². The van der Waals surface area contributed by atoms with E-state index >= 15 is 0 Å². The first-order valence-corrected chi connectivity index (χ1v) is 7.70. The standard InChI is InChI=1S/C14H21N3O2S/c1-14(2,11-4-3-9-20-11)10-16-12(18)13(19)17-7-5-15-6-8-17/h3-4,9,15H,5-8,10H2,1-2H3,(H,16,18). The van der Waals surface area contributed by atoms with Gasteiger partial charge in [0.15, 0.2) is 0 Å². The molecule has 0 saturated carbocycles. The molecule has 6 heteroatoms. The van der Waals surface area contributed by atoms with Crippen molar-refractivity contribution in [1.29, 1.82) is 0 Å². The van der Waals surface area contributed by atoms with Crippen molar-refractivity contribution in [2.75, 3.05) is 32.7 Å². The molecule has 1 aromatic rings. The van der Waals surface area contributed by atoms with Crippen LogP contribution in [0, 0.1) is 0 Å². The van der Waals surface area contributed by atoms with Crippen LogP contribution in [0.15, 0.2) is 17.5 Å². The number of hydrogen-bond donors (Lipinski definition) is 2. The highest BCUT2D eigenvalue weighted by molar-refractivity contribution is 7.10. The van der Waals surface area contributed by atoms with Gasteiger partial charge in [0.05, 0.1) is 0 Å². The summed E-state index contributed by atoms with van der Waals surface area (Å²) in [6.45, 7) is 7.29. The van der Waals surface area contributed by atoms with Gasteiger partial charge in [-0.3, -0.25) is 9.59 Å². The average molecular weight is 295 g/mol. The topological polar surface area (TPSA) is 61.4 Å².